The zero-order chi connectivity index (χ0) is 59.9. The zero-order valence-corrected chi connectivity index (χ0v) is 53.7. The van der Waals surface area contributed by atoms with Gasteiger partial charge in [0.1, 0.15) is 19.3 Å². The SMILES string of the molecule is CCCCCCCCCCCCCCCCC(=O)O[C@H](COC(=O)CCCCCCCCCC(C)C)COP(=O)(O)OC[C@@H](O)COP(=O)(O)OC[C@@H](COC(=O)CCCCCCCCCC)OC(=O)CCCCCCCCCCC. The normalized spacial score (nSPS) is 14.3. The number of esters is 4. The van der Waals surface area contributed by atoms with E-state index in [4.69, 9.17) is 37.0 Å². The number of ether oxygens (including phenoxy) is 4. The Morgan fingerprint density at radius 2 is 0.568 bits per heavy atom. The Bertz CT molecular complexity index is 1580. The lowest BCUT2D eigenvalue weighted by Crippen LogP contribution is -2.30. The van der Waals surface area contributed by atoms with Crippen molar-refractivity contribution in [2.45, 2.75) is 329 Å². The fraction of sp³-hybridized carbons (Fsp3) is 0.935. The molecule has 0 spiro atoms. The molecule has 3 N–H and O–H groups in total. The highest BCUT2D eigenvalue weighted by Gasteiger charge is 2.30. The van der Waals surface area contributed by atoms with Crippen LogP contribution in [-0.2, 0) is 65.4 Å². The number of aliphatic hydroxyl groups is 1. The molecule has 0 fully saturated rings. The average Bonchev–Trinajstić information content (AvgIpc) is 3.43. The summed E-state index contributed by atoms with van der Waals surface area (Å²) in [6, 6.07) is 0. The van der Waals surface area contributed by atoms with Gasteiger partial charge >= 0.3 is 39.5 Å². The summed E-state index contributed by atoms with van der Waals surface area (Å²) in [6.07, 6.45) is 39.0. The van der Waals surface area contributed by atoms with Crippen LogP contribution in [0.3, 0.4) is 0 Å². The zero-order valence-electron chi connectivity index (χ0n) is 51.9. The molecule has 0 aliphatic heterocycles. The van der Waals surface area contributed by atoms with E-state index in [0.29, 0.717) is 31.6 Å². The lowest BCUT2D eigenvalue weighted by atomic mass is 10.0. The van der Waals surface area contributed by atoms with Gasteiger partial charge in [0.2, 0.25) is 0 Å². The second-order valence-corrected chi connectivity index (χ2v) is 25.8. The van der Waals surface area contributed by atoms with E-state index in [2.05, 4.69) is 34.6 Å². The van der Waals surface area contributed by atoms with E-state index < -0.39 is 97.5 Å². The number of phosphoric ester groups is 2. The topological polar surface area (TPSA) is 237 Å². The standard InChI is InChI=1S/C62H120O17P2/c1-6-9-12-15-18-21-22-23-24-25-27-32-38-43-48-62(67)79-58(52-73-60(65)46-41-36-33-28-29-34-39-44-55(4)5)54-77-81(70,71)75-50-56(63)49-74-80(68,69)76-53-57(51-72-59(64)45-40-35-30-20-17-14-11-8-3)78-61(66)47-42-37-31-26-19-16-13-10-7-2/h55-58,63H,6-54H2,1-5H3,(H,68,69)(H,70,71)/t56-,57+,58+/m0/s1. The summed E-state index contributed by atoms with van der Waals surface area (Å²) in [6.45, 7) is 7.09. The molecule has 17 nitrogen and oxygen atoms in total. The number of hydrogen-bond acceptors (Lipinski definition) is 15. The van der Waals surface area contributed by atoms with Crippen LogP contribution in [-0.4, -0.2) is 96.7 Å². The summed E-state index contributed by atoms with van der Waals surface area (Å²) in [5, 5.41) is 10.5. The second-order valence-electron chi connectivity index (χ2n) is 22.9. The van der Waals surface area contributed by atoms with Gasteiger partial charge in [-0.3, -0.25) is 37.3 Å². The minimum Gasteiger partial charge on any atom is -0.462 e. The third-order valence-electron chi connectivity index (χ3n) is 14.3. The van der Waals surface area contributed by atoms with E-state index >= 15 is 0 Å². The number of phosphoric acid groups is 2. The van der Waals surface area contributed by atoms with Crippen molar-refractivity contribution in [3.8, 4) is 0 Å². The van der Waals surface area contributed by atoms with Crippen molar-refractivity contribution in [1.29, 1.82) is 0 Å². The first-order valence-electron chi connectivity index (χ1n) is 32.6. The molecule has 0 saturated heterocycles. The van der Waals surface area contributed by atoms with Crippen LogP contribution < -0.4 is 0 Å². The van der Waals surface area contributed by atoms with Crippen LogP contribution in [0.5, 0.6) is 0 Å². The van der Waals surface area contributed by atoms with E-state index in [1.54, 1.807) is 0 Å². The van der Waals surface area contributed by atoms with Crippen LogP contribution in [0.2, 0.25) is 0 Å². The second kappa shape index (κ2) is 55.9. The van der Waals surface area contributed by atoms with Crippen molar-refractivity contribution >= 4 is 39.5 Å². The van der Waals surface area contributed by atoms with Gasteiger partial charge < -0.3 is 33.8 Å². The summed E-state index contributed by atoms with van der Waals surface area (Å²) in [5.74, 6) is -1.43. The molecule has 2 unspecified atom stereocenters. The summed E-state index contributed by atoms with van der Waals surface area (Å²) in [4.78, 5) is 72.0. The highest BCUT2D eigenvalue weighted by atomic mass is 31.2. The Hall–Kier alpha value is -1.94. The third-order valence-corrected chi connectivity index (χ3v) is 16.2. The van der Waals surface area contributed by atoms with Gasteiger partial charge in [-0.25, -0.2) is 9.13 Å². The third kappa shape index (κ3) is 56.9. The molecule has 480 valence electrons. The number of carbonyl (C=O) groups excluding carboxylic acids is 4. The maximum Gasteiger partial charge on any atom is 0.472 e. The Labute approximate surface area is 492 Å². The highest BCUT2D eigenvalue weighted by Crippen LogP contribution is 2.45. The van der Waals surface area contributed by atoms with Crippen LogP contribution in [0, 0.1) is 5.92 Å². The van der Waals surface area contributed by atoms with Gasteiger partial charge in [-0.15, -0.1) is 0 Å². The Morgan fingerprint density at radius 3 is 0.840 bits per heavy atom. The summed E-state index contributed by atoms with van der Waals surface area (Å²) < 4.78 is 67.8. The summed E-state index contributed by atoms with van der Waals surface area (Å²) in [7, 11) is -9.88. The van der Waals surface area contributed by atoms with Crippen LogP contribution in [0.25, 0.3) is 0 Å². The van der Waals surface area contributed by atoms with Gasteiger partial charge in [0.15, 0.2) is 12.2 Å². The molecule has 19 heteroatoms. The molecule has 5 atom stereocenters. The van der Waals surface area contributed by atoms with E-state index in [1.807, 2.05) is 0 Å². The van der Waals surface area contributed by atoms with Crippen LogP contribution >= 0.6 is 15.6 Å². The molecule has 0 radical (unpaired) electrons. The molecule has 0 aliphatic carbocycles. The van der Waals surface area contributed by atoms with E-state index in [9.17, 15) is 43.2 Å². The van der Waals surface area contributed by atoms with Gasteiger partial charge in [-0.05, 0) is 31.6 Å². The highest BCUT2D eigenvalue weighted by molar-refractivity contribution is 7.47. The first-order chi connectivity index (χ1) is 39.0. The van der Waals surface area contributed by atoms with Crippen LogP contribution in [0.1, 0.15) is 311 Å². The fourth-order valence-corrected chi connectivity index (χ4v) is 10.8. The van der Waals surface area contributed by atoms with E-state index in [1.165, 1.54) is 122 Å². The summed E-state index contributed by atoms with van der Waals surface area (Å²) >= 11 is 0. The molecule has 0 aromatic carbocycles. The van der Waals surface area contributed by atoms with Crippen LogP contribution in [0.15, 0.2) is 0 Å². The molecule has 0 aromatic rings. The molecular formula is C62H120O17P2. The van der Waals surface area contributed by atoms with Crippen molar-refractivity contribution < 1.29 is 80.2 Å². The van der Waals surface area contributed by atoms with Gasteiger partial charge in [0.05, 0.1) is 26.4 Å². The molecular weight excluding hydrogens is 1080 g/mol. The first-order valence-corrected chi connectivity index (χ1v) is 35.6. The Balaban J connectivity index is 5.21. The lowest BCUT2D eigenvalue weighted by Gasteiger charge is -2.21. The van der Waals surface area contributed by atoms with Crippen molar-refractivity contribution in [2.24, 2.45) is 5.92 Å². The van der Waals surface area contributed by atoms with Gasteiger partial charge in [0.25, 0.3) is 0 Å². The van der Waals surface area contributed by atoms with Gasteiger partial charge in [-0.2, -0.15) is 0 Å². The molecule has 0 amide bonds. The first kappa shape index (κ1) is 79.1. The van der Waals surface area contributed by atoms with Gasteiger partial charge in [-0.1, -0.05) is 259 Å². The van der Waals surface area contributed by atoms with Gasteiger partial charge in [0, 0.05) is 25.7 Å². The van der Waals surface area contributed by atoms with Crippen LogP contribution in [0.4, 0.5) is 0 Å². The van der Waals surface area contributed by atoms with E-state index in [-0.39, 0.29) is 25.7 Å². The van der Waals surface area contributed by atoms with Crippen molar-refractivity contribution in [3.63, 3.8) is 0 Å². The maximum absolute atomic E-state index is 13.0. The Kier molecular flexibility index (Phi) is 54.6. The molecule has 0 saturated carbocycles. The molecule has 0 aromatic heterocycles. The Morgan fingerprint density at radius 1 is 0.333 bits per heavy atom. The number of aliphatic hydroxyl groups excluding tert-OH is 1. The van der Waals surface area contributed by atoms with Crippen molar-refractivity contribution in [2.75, 3.05) is 39.6 Å². The number of unbranched alkanes of at least 4 members (excludes halogenated alkanes) is 34. The quantitative estimate of drug-likeness (QED) is 0.0222. The maximum atomic E-state index is 13.0. The fourth-order valence-electron chi connectivity index (χ4n) is 9.23. The molecule has 0 aliphatic rings. The molecule has 0 rings (SSSR count). The monoisotopic (exact) mass is 1200 g/mol. The van der Waals surface area contributed by atoms with E-state index in [0.717, 1.165) is 103 Å². The smallest absolute Gasteiger partial charge is 0.462 e. The molecule has 0 heterocycles. The van der Waals surface area contributed by atoms with Crippen molar-refractivity contribution in [3.05, 3.63) is 0 Å². The number of rotatable bonds is 62. The minimum absolute atomic E-state index is 0.105. The molecule has 0 bridgehead atoms. The average molecular weight is 1200 g/mol. The van der Waals surface area contributed by atoms with Crippen molar-refractivity contribution in [1.82, 2.24) is 0 Å². The minimum atomic E-state index is -4.94. The predicted molar refractivity (Wildman–Crippen MR) is 322 cm³/mol. The number of carbonyl (C=O) groups is 4. The summed E-state index contributed by atoms with van der Waals surface area (Å²) in [5.41, 5.74) is 0. The molecule has 81 heavy (non-hydrogen) atoms. The lowest BCUT2D eigenvalue weighted by molar-refractivity contribution is -0.161. The largest absolute Gasteiger partial charge is 0.472 e. The predicted octanol–water partition coefficient (Wildman–Crippen LogP) is 17.0. The number of hydrogen-bond donors (Lipinski definition) is 3.